The molecule has 0 aliphatic heterocycles. The molecule has 0 saturated carbocycles. The Hall–Kier alpha value is -1.98. The molecule has 2 heterocycles. The van der Waals surface area contributed by atoms with Crippen LogP contribution in [0.1, 0.15) is 0 Å². The number of rotatable bonds is 1. The highest BCUT2D eigenvalue weighted by atomic mass is 15.4. The number of nitrogens with zero attached hydrogens (tertiary/aromatic N) is 5. The maximum Gasteiger partial charge on any atom is 0.151 e. The van der Waals surface area contributed by atoms with Gasteiger partial charge in [0, 0.05) is 19.4 Å². The van der Waals surface area contributed by atoms with Crippen LogP contribution in [0, 0.1) is 0 Å². The molecule has 2 N–H and O–H groups in total. The number of anilines is 1. The molecule has 13 heavy (non-hydrogen) atoms. The van der Waals surface area contributed by atoms with Gasteiger partial charge in [0.25, 0.3) is 0 Å². The Morgan fingerprint density at radius 3 is 2.69 bits per heavy atom. The van der Waals surface area contributed by atoms with Crippen molar-refractivity contribution >= 4 is 5.82 Å². The van der Waals surface area contributed by atoms with Crippen LogP contribution in [0.4, 0.5) is 5.82 Å². The Labute approximate surface area is 74.4 Å². The lowest BCUT2D eigenvalue weighted by atomic mass is 10.3. The van der Waals surface area contributed by atoms with Crippen molar-refractivity contribution in [2.45, 2.75) is 0 Å². The zero-order chi connectivity index (χ0) is 9.26. The van der Waals surface area contributed by atoms with Crippen molar-refractivity contribution < 1.29 is 0 Å². The van der Waals surface area contributed by atoms with Crippen LogP contribution < -0.4 is 5.73 Å². The van der Waals surface area contributed by atoms with Crippen LogP contribution in [0.2, 0.25) is 0 Å². The van der Waals surface area contributed by atoms with E-state index in [4.69, 9.17) is 5.73 Å². The first-order chi connectivity index (χ1) is 6.29. The molecule has 6 nitrogen and oxygen atoms in total. The molecule has 0 saturated heterocycles. The normalized spacial score (nSPS) is 10.2. The molecule has 6 heteroatoms. The molecular formula is C7H8N6. The summed E-state index contributed by atoms with van der Waals surface area (Å²) in [5.41, 5.74) is 7.00. The van der Waals surface area contributed by atoms with Gasteiger partial charge in [0.2, 0.25) is 0 Å². The third-order valence-corrected chi connectivity index (χ3v) is 1.68. The van der Waals surface area contributed by atoms with Gasteiger partial charge < -0.3 is 5.73 Å². The molecule has 0 bridgehead atoms. The van der Waals surface area contributed by atoms with Gasteiger partial charge in [0.1, 0.15) is 11.4 Å². The average Bonchev–Trinajstić information content (AvgIpc) is 2.52. The summed E-state index contributed by atoms with van der Waals surface area (Å²) >= 11 is 0. The molecular weight excluding hydrogens is 168 g/mol. The molecule has 0 fully saturated rings. The van der Waals surface area contributed by atoms with Crippen LogP contribution in [0.25, 0.3) is 11.4 Å². The largest absolute Gasteiger partial charge is 0.382 e. The van der Waals surface area contributed by atoms with Gasteiger partial charge in [-0.3, -0.25) is 0 Å². The fourth-order valence-electron chi connectivity index (χ4n) is 1.05. The van der Waals surface area contributed by atoms with Crippen LogP contribution in [0.15, 0.2) is 18.6 Å². The number of aryl methyl sites for hydroxylation is 1. The summed E-state index contributed by atoms with van der Waals surface area (Å²) in [7, 11) is 1.77. The second-order valence-corrected chi connectivity index (χ2v) is 2.53. The number of hydrogen-bond donors (Lipinski definition) is 1. The SMILES string of the molecule is Cn1nncc1-c1nccnc1N. The Morgan fingerprint density at radius 1 is 1.31 bits per heavy atom. The van der Waals surface area contributed by atoms with Crippen molar-refractivity contribution in [2.75, 3.05) is 5.73 Å². The Kier molecular flexibility index (Phi) is 1.66. The quantitative estimate of drug-likeness (QED) is 0.653. The zero-order valence-corrected chi connectivity index (χ0v) is 7.05. The van der Waals surface area contributed by atoms with Gasteiger partial charge >= 0.3 is 0 Å². The van der Waals surface area contributed by atoms with Gasteiger partial charge in [-0.15, -0.1) is 5.10 Å². The standard InChI is InChI=1S/C7H8N6/c1-13-5(4-11-12-13)6-7(8)10-3-2-9-6/h2-4H,1H3,(H2,8,10). The first kappa shape index (κ1) is 7.66. The van der Waals surface area contributed by atoms with Gasteiger partial charge in [0.05, 0.1) is 6.20 Å². The smallest absolute Gasteiger partial charge is 0.151 e. The van der Waals surface area contributed by atoms with Gasteiger partial charge in [-0.25, -0.2) is 14.6 Å². The molecule has 0 radical (unpaired) electrons. The molecule has 0 amide bonds. The average molecular weight is 176 g/mol. The van der Waals surface area contributed by atoms with Crippen molar-refractivity contribution in [1.82, 2.24) is 25.0 Å². The van der Waals surface area contributed by atoms with Gasteiger partial charge in [-0.1, -0.05) is 5.21 Å². The predicted molar refractivity (Wildman–Crippen MR) is 46.4 cm³/mol. The van der Waals surface area contributed by atoms with E-state index in [2.05, 4.69) is 20.3 Å². The monoisotopic (exact) mass is 176 g/mol. The second kappa shape index (κ2) is 2.81. The first-order valence-electron chi connectivity index (χ1n) is 3.70. The van der Waals surface area contributed by atoms with Crippen LogP contribution in [0.3, 0.4) is 0 Å². The van der Waals surface area contributed by atoms with Crippen LogP contribution >= 0.6 is 0 Å². The van der Waals surface area contributed by atoms with E-state index in [1.54, 1.807) is 30.3 Å². The van der Waals surface area contributed by atoms with E-state index in [0.717, 1.165) is 5.69 Å². The number of nitrogens with two attached hydrogens (primary N) is 1. The highest BCUT2D eigenvalue weighted by molar-refractivity contribution is 5.65. The molecule has 0 atom stereocenters. The van der Waals surface area contributed by atoms with Crippen molar-refractivity contribution in [3.8, 4) is 11.4 Å². The maximum atomic E-state index is 5.64. The predicted octanol–water partition coefficient (Wildman–Crippen LogP) is -0.146. The molecule has 2 aromatic rings. The molecule has 2 aromatic heterocycles. The summed E-state index contributed by atoms with van der Waals surface area (Å²) in [4.78, 5) is 8.02. The molecule has 0 spiro atoms. The zero-order valence-electron chi connectivity index (χ0n) is 7.05. The Morgan fingerprint density at radius 2 is 2.08 bits per heavy atom. The van der Waals surface area contributed by atoms with Gasteiger partial charge in [-0.05, 0) is 0 Å². The lowest BCUT2D eigenvalue weighted by Gasteiger charge is -2.01. The van der Waals surface area contributed by atoms with E-state index in [-0.39, 0.29) is 0 Å². The van der Waals surface area contributed by atoms with Crippen molar-refractivity contribution in [3.63, 3.8) is 0 Å². The Balaban J connectivity index is 2.59. The third-order valence-electron chi connectivity index (χ3n) is 1.68. The molecule has 0 unspecified atom stereocenters. The van der Waals surface area contributed by atoms with E-state index in [1.165, 1.54) is 0 Å². The van der Waals surface area contributed by atoms with E-state index >= 15 is 0 Å². The number of nitrogen functional groups attached to an aromatic ring is 1. The van der Waals surface area contributed by atoms with E-state index in [9.17, 15) is 0 Å². The summed E-state index contributed by atoms with van der Waals surface area (Å²) in [6.45, 7) is 0. The number of aromatic nitrogens is 5. The summed E-state index contributed by atoms with van der Waals surface area (Å²) < 4.78 is 1.60. The second-order valence-electron chi connectivity index (χ2n) is 2.53. The minimum Gasteiger partial charge on any atom is -0.382 e. The minimum absolute atomic E-state index is 0.382. The van der Waals surface area contributed by atoms with E-state index < -0.39 is 0 Å². The van der Waals surface area contributed by atoms with Gasteiger partial charge in [0.15, 0.2) is 5.82 Å². The highest BCUT2D eigenvalue weighted by Crippen LogP contribution is 2.18. The number of hydrogen-bond acceptors (Lipinski definition) is 5. The molecule has 66 valence electrons. The fourth-order valence-corrected chi connectivity index (χ4v) is 1.05. The minimum atomic E-state index is 0.382. The fraction of sp³-hybridized carbons (Fsp3) is 0.143. The third kappa shape index (κ3) is 1.22. The molecule has 0 aliphatic rings. The summed E-state index contributed by atoms with van der Waals surface area (Å²) in [6, 6.07) is 0. The maximum absolute atomic E-state index is 5.64. The van der Waals surface area contributed by atoms with Crippen LogP contribution in [-0.2, 0) is 7.05 Å². The van der Waals surface area contributed by atoms with Crippen molar-refractivity contribution in [2.24, 2.45) is 7.05 Å². The van der Waals surface area contributed by atoms with Gasteiger partial charge in [-0.2, -0.15) is 0 Å². The Bertz CT molecular complexity index is 420. The van der Waals surface area contributed by atoms with Crippen LogP contribution in [0.5, 0.6) is 0 Å². The topological polar surface area (TPSA) is 82.5 Å². The molecule has 0 aromatic carbocycles. The first-order valence-corrected chi connectivity index (χ1v) is 3.70. The van der Waals surface area contributed by atoms with Crippen molar-refractivity contribution in [1.29, 1.82) is 0 Å². The summed E-state index contributed by atoms with van der Waals surface area (Å²) in [5, 5.41) is 7.51. The van der Waals surface area contributed by atoms with E-state index in [0.29, 0.717) is 11.5 Å². The van der Waals surface area contributed by atoms with Crippen molar-refractivity contribution in [3.05, 3.63) is 18.6 Å². The lowest BCUT2D eigenvalue weighted by molar-refractivity contribution is 0.719. The lowest BCUT2D eigenvalue weighted by Crippen LogP contribution is -2.00. The van der Waals surface area contributed by atoms with E-state index in [1.807, 2.05) is 0 Å². The highest BCUT2D eigenvalue weighted by Gasteiger charge is 2.08. The van der Waals surface area contributed by atoms with Crippen LogP contribution in [-0.4, -0.2) is 25.0 Å². The summed E-state index contributed by atoms with van der Waals surface area (Å²) in [6.07, 6.45) is 4.72. The molecule has 0 aliphatic carbocycles. The summed E-state index contributed by atoms with van der Waals surface area (Å²) in [5.74, 6) is 0.382. The molecule has 2 rings (SSSR count).